The lowest BCUT2D eigenvalue weighted by Crippen LogP contribution is -2.73. The number of nitrogens with zero attached hydrogens (tertiary/aromatic N) is 2. The van der Waals surface area contributed by atoms with Crippen LogP contribution in [0, 0.1) is 46.3 Å². The lowest BCUT2D eigenvalue weighted by molar-refractivity contribution is -0.313. The Kier molecular flexibility index (Phi) is 1.98. The Morgan fingerprint density at radius 3 is 2.22 bits per heavy atom. The zero-order chi connectivity index (χ0) is 12.5. The summed E-state index contributed by atoms with van der Waals surface area (Å²) in [5.41, 5.74) is -0.329. The Labute approximate surface area is 112 Å². The third-order valence-corrected chi connectivity index (χ3v) is 6.24. The van der Waals surface area contributed by atoms with Crippen LogP contribution in [0.25, 0.3) is 0 Å². The average molecular weight is 263 g/mol. The zero-order valence-corrected chi connectivity index (χ0v) is 10.9. The molecule has 0 aromatic carbocycles. The summed E-state index contributed by atoms with van der Waals surface area (Å²) in [6.45, 7) is 0. The number of ether oxygens (including phenoxy) is 1. The molecule has 5 fully saturated rings. The van der Waals surface area contributed by atoms with Crippen molar-refractivity contribution in [3.63, 3.8) is 0 Å². The van der Waals surface area contributed by atoms with Gasteiger partial charge >= 0.3 is 0 Å². The van der Waals surface area contributed by atoms with Crippen LogP contribution in [0.3, 0.4) is 0 Å². The van der Waals surface area contributed by atoms with Gasteiger partial charge in [-0.25, -0.2) is 0 Å². The molecule has 3 nitrogen and oxygen atoms in total. The molecular formula is C14H15ClN2O. The molecule has 18 heavy (non-hydrogen) atoms. The number of halogens is 1. The van der Waals surface area contributed by atoms with Gasteiger partial charge < -0.3 is 4.74 Å². The minimum atomic E-state index is -0.515. The van der Waals surface area contributed by atoms with E-state index in [2.05, 4.69) is 12.1 Å². The van der Waals surface area contributed by atoms with Crippen molar-refractivity contribution in [2.24, 2.45) is 23.7 Å². The fourth-order valence-electron chi connectivity index (χ4n) is 5.40. The molecule has 5 rings (SSSR count). The number of hydrogen-bond acceptors (Lipinski definition) is 3. The van der Waals surface area contributed by atoms with E-state index in [4.69, 9.17) is 21.6 Å². The van der Waals surface area contributed by atoms with E-state index in [0.717, 1.165) is 38.0 Å². The van der Waals surface area contributed by atoms with E-state index < -0.39 is 6.10 Å². The number of hydrogen-bond donors (Lipinski definition) is 0. The van der Waals surface area contributed by atoms with Gasteiger partial charge in [-0.2, -0.15) is 10.5 Å². The second-order valence-electron chi connectivity index (χ2n) is 6.62. The molecule has 3 unspecified atom stereocenters. The quantitative estimate of drug-likeness (QED) is 0.631. The van der Waals surface area contributed by atoms with Crippen LogP contribution in [0.1, 0.15) is 32.1 Å². The Hall–Kier alpha value is -0.770. The SMILES string of the molecule is N#C[C@@H]1OC2([C@@H]3CC4C[C@H]2CC(Cl)(C4)C3)[C@@H]1C#N. The standard InChI is InChI=1S/C14H15ClN2O/c15-13-3-8-1-9(4-13)14(10(2-8)5-13)11(6-16)12(7-17)18-14/h8-12H,1-5H2/t8?,9-,10+,11-,12+,13?,14?/m1/s1. The smallest absolute Gasteiger partial charge is 0.163 e. The minimum Gasteiger partial charge on any atom is -0.353 e. The van der Waals surface area contributed by atoms with Crippen molar-refractivity contribution in [3.8, 4) is 12.1 Å². The molecule has 94 valence electrons. The monoisotopic (exact) mass is 262 g/mol. The van der Waals surface area contributed by atoms with Crippen molar-refractivity contribution < 1.29 is 4.74 Å². The van der Waals surface area contributed by atoms with E-state index in [1.54, 1.807) is 0 Å². The van der Waals surface area contributed by atoms with Gasteiger partial charge in [0.15, 0.2) is 6.10 Å². The second kappa shape index (κ2) is 3.21. The molecule has 4 bridgehead atoms. The van der Waals surface area contributed by atoms with Crippen LogP contribution < -0.4 is 0 Å². The topological polar surface area (TPSA) is 56.8 Å². The summed E-state index contributed by atoms with van der Waals surface area (Å²) in [6, 6.07) is 4.46. The van der Waals surface area contributed by atoms with Crippen LogP contribution in [0.5, 0.6) is 0 Å². The van der Waals surface area contributed by atoms with Crippen LogP contribution in [-0.2, 0) is 4.74 Å². The molecule has 0 aromatic rings. The predicted octanol–water partition coefficient (Wildman–Crippen LogP) is 2.60. The fourth-order valence-corrected chi connectivity index (χ4v) is 5.99. The summed E-state index contributed by atoms with van der Waals surface area (Å²) in [6.07, 6.45) is 4.84. The van der Waals surface area contributed by atoms with Crippen LogP contribution in [0.2, 0.25) is 0 Å². The first-order chi connectivity index (χ1) is 8.61. The maximum Gasteiger partial charge on any atom is 0.163 e. The summed E-state index contributed by atoms with van der Waals surface area (Å²) < 4.78 is 5.96. The van der Waals surface area contributed by atoms with Gasteiger partial charge in [-0.3, -0.25) is 0 Å². The molecule has 4 saturated carbocycles. The zero-order valence-electron chi connectivity index (χ0n) is 10.1. The summed E-state index contributed by atoms with van der Waals surface area (Å²) in [5.74, 6) is 1.28. The third-order valence-electron chi connectivity index (χ3n) is 5.78. The van der Waals surface area contributed by atoms with Crippen molar-refractivity contribution in [2.75, 3.05) is 0 Å². The Morgan fingerprint density at radius 2 is 1.72 bits per heavy atom. The highest BCUT2D eigenvalue weighted by Crippen LogP contribution is 2.68. The van der Waals surface area contributed by atoms with E-state index in [1.807, 2.05) is 0 Å². The molecule has 4 heteroatoms. The predicted molar refractivity (Wildman–Crippen MR) is 64.5 cm³/mol. The maximum atomic E-state index is 9.39. The van der Waals surface area contributed by atoms with Gasteiger partial charge in [-0.1, -0.05) is 0 Å². The molecule has 4 aliphatic carbocycles. The van der Waals surface area contributed by atoms with Crippen molar-refractivity contribution in [3.05, 3.63) is 0 Å². The maximum absolute atomic E-state index is 9.39. The lowest BCUT2D eigenvalue weighted by atomic mass is 9.45. The highest BCUT2D eigenvalue weighted by Gasteiger charge is 2.71. The Balaban J connectivity index is 1.73. The average Bonchev–Trinajstić information content (AvgIpc) is 2.25. The van der Waals surface area contributed by atoms with Crippen LogP contribution in [0.4, 0.5) is 0 Å². The molecule has 1 heterocycles. The van der Waals surface area contributed by atoms with Gasteiger partial charge in [-0.15, -0.1) is 11.6 Å². The molecule has 0 radical (unpaired) electrons. The highest BCUT2D eigenvalue weighted by atomic mass is 35.5. The molecule has 1 saturated heterocycles. The van der Waals surface area contributed by atoms with E-state index >= 15 is 0 Å². The minimum absolute atomic E-state index is 0.0388. The Morgan fingerprint density at radius 1 is 1.06 bits per heavy atom. The van der Waals surface area contributed by atoms with E-state index in [0.29, 0.717) is 11.8 Å². The van der Waals surface area contributed by atoms with Gasteiger partial charge in [0.1, 0.15) is 5.92 Å². The van der Waals surface area contributed by atoms with E-state index in [1.165, 1.54) is 0 Å². The molecule has 1 spiro atoms. The second-order valence-corrected chi connectivity index (χ2v) is 7.42. The molecule has 0 N–H and O–H groups in total. The summed E-state index contributed by atoms with van der Waals surface area (Å²) in [5, 5.41) is 18.4. The van der Waals surface area contributed by atoms with Crippen LogP contribution >= 0.6 is 11.6 Å². The third kappa shape index (κ3) is 1.09. The van der Waals surface area contributed by atoms with Crippen molar-refractivity contribution in [1.82, 2.24) is 0 Å². The normalized spacial score (nSPS) is 60.1. The van der Waals surface area contributed by atoms with Crippen molar-refractivity contribution in [1.29, 1.82) is 10.5 Å². The first-order valence-electron chi connectivity index (χ1n) is 6.77. The number of nitriles is 2. The Bertz CT molecular complexity index is 475. The first kappa shape index (κ1) is 11.1. The van der Waals surface area contributed by atoms with Gasteiger partial charge in [0, 0.05) is 4.87 Å². The first-order valence-corrected chi connectivity index (χ1v) is 7.15. The van der Waals surface area contributed by atoms with Crippen molar-refractivity contribution in [2.45, 2.75) is 48.7 Å². The molecule has 0 aromatic heterocycles. The molecule has 0 amide bonds. The van der Waals surface area contributed by atoms with E-state index in [9.17, 15) is 5.26 Å². The lowest BCUT2D eigenvalue weighted by Gasteiger charge is -2.68. The molecule has 5 aliphatic rings. The largest absolute Gasteiger partial charge is 0.353 e. The van der Waals surface area contributed by atoms with Gasteiger partial charge in [0.05, 0.1) is 17.7 Å². The number of rotatable bonds is 0. The number of alkyl halides is 1. The molecule has 1 aliphatic heterocycles. The highest BCUT2D eigenvalue weighted by molar-refractivity contribution is 6.24. The van der Waals surface area contributed by atoms with E-state index in [-0.39, 0.29) is 16.4 Å². The van der Waals surface area contributed by atoms with Gasteiger partial charge in [0.25, 0.3) is 0 Å². The van der Waals surface area contributed by atoms with Crippen molar-refractivity contribution >= 4 is 11.6 Å². The van der Waals surface area contributed by atoms with Gasteiger partial charge in [0.2, 0.25) is 0 Å². The summed E-state index contributed by atoms with van der Waals surface area (Å²) >= 11 is 6.70. The van der Waals surface area contributed by atoms with Crippen LogP contribution in [-0.4, -0.2) is 16.6 Å². The molecular weight excluding hydrogens is 248 g/mol. The van der Waals surface area contributed by atoms with Crippen LogP contribution in [0.15, 0.2) is 0 Å². The summed E-state index contributed by atoms with van der Waals surface area (Å²) in [4.78, 5) is -0.0388. The fraction of sp³-hybridized carbons (Fsp3) is 0.857. The molecule has 7 atom stereocenters. The van der Waals surface area contributed by atoms with Gasteiger partial charge in [-0.05, 0) is 49.9 Å². The summed E-state index contributed by atoms with van der Waals surface area (Å²) in [7, 11) is 0.